The van der Waals surface area contributed by atoms with Gasteiger partial charge in [-0.2, -0.15) is 5.26 Å². The quantitative estimate of drug-likeness (QED) is 0.499. The number of hydrogen-bond acceptors (Lipinski definition) is 1. The molecule has 2 aliphatic carbocycles. The average Bonchev–Trinajstić information content (AvgIpc) is 2.72. The van der Waals surface area contributed by atoms with Crippen LogP contribution in [0.5, 0.6) is 0 Å². The lowest BCUT2D eigenvalue weighted by atomic mass is 9.68. The second-order valence-electron chi connectivity index (χ2n) is 8.62. The third kappa shape index (κ3) is 5.23. The summed E-state index contributed by atoms with van der Waals surface area (Å²) in [4.78, 5) is 0. The molecule has 0 radical (unpaired) electrons. The van der Waals surface area contributed by atoms with Crippen molar-refractivity contribution in [2.75, 3.05) is 0 Å². The minimum atomic E-state index is 0.661. The van der Waals surface area contributed by atoms with Crippen LogP contribution < -0.4 is 0 Å². The van der Waals surface area contributed by atoms with Crippen LogP contribution >= 0.6 is 0 Å². The summed E-state index contributed by atoms with van der Waals surface area (Å²) in [7, 11) is 0. The summed E-state index contributed by atoms with van der Waals surface area (Å²) in [6.45, 7) is 2.27. The number of unbranched alkanes of at least 4 members (excludes halogenated alkanes) is 1. The molecule has 2 fully saturated rings. The van der Waals surface area contributed by atoms with Crippen molar-refractivity contribution in [3.8, 4) is 6.07 Å². The molecule has 26 heavy (non-hydrogen) atoms. The zero-order chi connectivity index (χ0) is 18.2. The fourth-order valence-corrected chi connectivity index (χ4v) is 5.25. The molecule has 3 rings (SSSR count). The van der Waals surface area contributed by atoms with E-state index < -0.39 is 0 Å². The van der Waals surface area contributed by atoms with Crippen molar-refractivity contribution in [3.63, 3.8) is 0 Å². The number of hydrogen-bond donors (Lipinski definition) is 0. The van der Waals surface area contributed by atoms with E-state index in [9.17, 15) is 0 Å². The maximum absolute atomic E-state index is 8.69. The molecule has 1 aromatic rings. The second kappa shape index (κ2) is 9.96. The Morgan fingerprint density at radius 1 is 0.923 bits per heavy atom. The third-order valence-corrected chi connectivity index (χ3v) is 6.97. The first-order valence-corrected chi connectivity index (χ1v) is 10.9. The molecule has 0 bridgehead atoms. The molecule has 0 amide bonds. The van der Waals surface area contributed by atoms with Gasteiger partial charge in [-0.15, -0.1) is 0 Å². The van der Waals surface area contributed by atoms with Crippen LogP contribution in [-0.2, 0) is 6.42 Å². The van der Waals surface area contributed by atoms with E-state index in [1.54, 1.807) is 11.6 Å². The summed E-state index contributed by atoms with van der Waals surface area (Å²) in [5, 5.41) is 8.69. The highest BCUT2D eigenvalue weighted by atomic mass is 14.4. The van der Waals surface area contributed by atoms with Gasteiger partial charge in [-0.3, -0.25) is 0 Å². The van der Waals surface area contributed by atoms with Crippen LogP contribution in [0.15, 0.2) is 36.4 Å². The van der Waals surface area contributed by atoms with E-state index in [4.69, 9.17) is 5.26 Å². The monoisotopic (exact) mass is 349 g/mol. The van der Waals surface area contributed by atoms with E-state index in [1.165, 1.54) is 76.2 Å². The number of allylic oxidation sites excluding steroid dienone is 2. The topological polar surface area (TPSA) is 23.8 Å². The highest BCUT2D eigenvalue weighted by molar-refractivity contribution is 5.26. The third-order valence-electron chi connectivity index (χ3n) is 6.97. The highest BCUT2D eigenvalue weighted by Gasteiger charge is 2.30. The second-order valence-corrected chi connectivity index (χ2v) is 8.62. The zero-order valence-corrected chi connectivity index (χ0v) is 16.5. The lowest BCUT2D eigenvalue weighted by molar-refractivity contribution is 0.171. The number of rotatable bonds is 6. The summed E-state index contributed by atoms with van der Waals surface area (Å²) in [5.41, 5.74) is 3.08. The molecule has 0 unspecified atom stereocenters. The molecular weight excluding hydrogens is 314 g/mol. The molecule has 1 aromatic carbocycles. The Kier molecular flexibility index (Phi) is 7.36. The van der Waals surface area contributed by atoms with Crippen molar-refractivity contribution in [1.82, 2.24) is 0 Å². The van der Waals surface area contributed by atoms with Crippen molar-refractivity contribution in [1.29, 1.82) is 5.26 Å². The predicted molar refractivity (Wildman–Crippen MR) is 110 cm³/mol. The fraction of sp³-hybridized carbons (Fsp3) is 0.640. The first-order chi connectivity index (χ1) is 12.8. The van der Waals surface area contributed by atoms with Gasteiger partial charge in [0.2, 0.25) is 0 Å². The normalized spacial score (nSPS) is 29.5. The maximum atomic E-state index is 8.69. The summed E-state index contributed by atoms with van der Waals surface area (Å²) < 4.78 is 0. The van der Waals surface area contributed by atoms with Gasteiger partial charge in [0.25, 0.3) is 0 Å². The maximum Gasteiger partial charge on any atom is 0.0908 e. The van der Waals surface area contributed by atoms with Gasteiger partial charge in [0, 0.05) is 6.08 Å². The van der Waals surface area contributed by atoms with Crippen LogP contribution in [0.4, 0.5) is 0 Å². The Bertz CT molecular complexity index is 590. The van der Waals surface area contributed by atoms with Crippen molar-refractivity contribution >= 4 is 0 Å². The molecule has 0 aliphatic heterocycles. The van der Waals surface area contributed by atoms with Gasteiger partial charge in [-0.25, -0.2) is 0 Å². The van der Waals surface area contributed by atoms with Gasteiger partial charge >= 0.3 is 0 Å². The smallest absolute Gasteiger partial charge is 0.0908 e. The Hall–Kier alpha value is -1.55. The first kappa shape index (κ1) is 19.2. The minimum Gasteiger partial charge on any atom is -0.193 e. The zero-order valence-electron chi connectivity index (χ0n) is 16.5. The van der Waals surface area contributed by atoms with Gasteiger partial charge in [0.1, 0.15) is 0 Å². The molecule has 0 saturated heterocycles. The van der Waals surface area contributed by atoms with Gasteiger partial charge in [0.05, 0.1) is 6.07 Å². The Morgan fingerprint density at radius 3 is 2.12 bits per heavy atom. The number of nitriles is 1. The van der Waals surface area contributed by atoms with Crippen molar-refractivity contribution in [3.05, 3.63) is 47.5 Å². The van der Waals surface area contributed by atoms with Gasteiger partial charge in [-0.05, 0) is 99.0 Å². The highest BCUT2D eigenvalue weighted by Crippen LogP contribution is 2.44. The molecular formula is C25H35N. The van der Waals surface area contributed by atoms with Crippen LogP contribution in [0.1, 0.15) is 88.2 Å². The molecule has 0 heterocycles. The molecule has 0 N–H and O–H groups in total. The van der Waals surface area contributed by atoms with Gasteiger partial charge in [0.15, 0.2) is 0 Å². The van der Waals surface area contributed by atoms with E-state index in [0.717, 1.165) is 17.8 Å². The van der Waals surface area contributed by atoms with E-state index >= 15 is 0 Å². The minimum absolute atomic E-state index is 0.661. The molecule has 140 valence electrons. The predicted octanol–water partition coefficient (Wildman–Crippen LogP) is 7.19. The van der Waals surface area contributed by atoms with Gasteiger partial charge in [-0.1, -0.05) is 43.7 Å². The number of benzene rings is 1. The van der Waals surface area contributed by atoms with Crippen LogP contribution in [0.25, 0.3) is 0 Å². The molecule has 2 aliphatic rings. The molecule has 0 aromatic heterocycles. The molecule has 0 atom stereocenters. The summed E-state index contributed by atoms with van der Waals surface area (Å²) >= 11 is 0. The number of aryl methyl sites for hydroxylation is 1. The van der Waals surface area contributed by atoms with Crippen LogP contribution in [0, 0.1) is 29.1 Å². The van der Waals surface area contributed by atoms with E-state index in [2.05, 4.69) is 43.3 Å². The Balaban J connectivity index is 1.44. The van der Waals surface area contributed by atoms with Crippen molar-refractivity contribution in [2.24, 2.45) is 17.8 Å². The lowest BCUT2D eigenvalue weighted by Crippen LogP contribution is -2.25. The lowest BCUT2D eigenvalue weighted by Gasteiger charge is -2.37. The Labute approximate surface area is 160 Å². The Morgan fingerprint density at radius 2 is 1.54 bits per heavy atom. The standard InChI is InChI=1S/C25H35N/c1-2-3-5-20-7-11-22(12-8-20)24-15-17-25(18-16-24)23-13-9-21(10-14-23)6-4-19-26/h4,6-8,11-12,21,23-25H,2-3,5,9-10,13-18H2,1H3/b6-4+. The molecule has 1 nitrogen and oxygen atoms in total. The summed E-state index contributed by atoms with van der Waals surface area (Å²) in [6.07, 6.45) is 18.6. The first-order valence-electron chi connectivity index (χ1n) is 10.9. The van der Waals surface area contributed by atoms with E-state index in [0.29, 0.717) is 5.92 Å². The molecule has 0 spiro atoms. The summed E-state index contributed by atoms with van der Waals surface area (Å²) in [5.74, 6) is 3.35. The summed E-state index contributed by atoms with van der Waals surface area (Å²) in [6, 6.07) is 11.7. The van der Waals surface area contributed by atoms with Crippen LogP contribution in [-0.4, -0.2) is 0 Å². The van der Waals surface area contributed by atoms with Crippen LogP contribution in [0.3, 0.4) is 0 Å². The largest absolute Gasteiger partial charge is 0.193 e. The van der Waals surface area contributed by atoms with Gasteiger partial charge < -0.3 is 0 Å². The fourth-order valence-electron chi connectivity index (χ4n) is 5.25. The SMILES string of the molecule is CCCCc1ccc(C2CCC(C3CCC(/C=C/C#N)CC3)CC2)cc1. The average molecular weight is 350 g/mol. The molecule has 2 saturated carbocycles. The van der Waals surface area contributed by atoms with E-state index in [1.807, 2.05) is 0 Å². The van der Waals surface area contributed by atoms with E-state index in [-0.39, 0.29) is 0 Å². The number of nitrogens with zero attached hydrogens (tertiary/aromatic N) is 1. The van der Waals surface area contributed by atoms with Crippen molar-refractivity contribution < 1.29 is 0 Å². The van der Waals surface area contributed by atoms with Crippen LogP contribution in [0.2, 0.25) is 0 Å². The van der Waals surface area contributed by atoms with Crippen molar-refractivity contribution in [2.45, 2.75) is 83.5 Å². The molecule has 1 heteroatoms.